The van der Waals surface area contributed by atoms with Gasteiger partial charge in [0.25, 0.3) is 0 Å². The third kappa shape index (κ3) is 3.33. The molecular weight excluding hydrogens is 560 g/mol. The monoisotopic (exact) mass is 586 g/mol. The Morgan fingerprint density at radius 1 is 1.23 bits per heavy atom. The fourth-order valence-electron chi connectivity index (χ4n) is 7.01. The topological polar surface area (TPSA) is 150 Å². The molecular formula is C26H26N4O8S2. The van der Waals surface area contributed by atoms with Crippen molar-refractivity contribution >= 4 is 56.9 Å². The molecule has 5 atom stereocenters. The Morgan fingerprint density at radius 3 is 2.65 bits per heavy atom. The lowest BCUT2D eigenvalue weighted by atomic mass is 9.76. The number of aromatic nitrogens is 1. The highest BCUT2D eigenvalue weighted by Gasteiger charge is 2.79. The Hall–Kier alpha value is -3.04. The second kappa shape index (κ2) is 8.98. The van der Waals surface area contributed by atoms with E-state index in [4.69, 9.17) is 24.7 Å². The van der Waals surface area contributed by atoms with E-state index in [1.165, 1.54) is 37.1 Å². The SMILES string of the molecule is CO[C@@]12[C@H](COC(N)=O)C3=C(C(=O)C(CSc4nc5ccccc5s4)C4(OCCO4)C3=O)N1C[C@H]1[C@@H]2N1C(C)=O. The van der Waals surface area contributed by atoms with E-state index in [9.17, 15) is 19.2 Å². The average molecular weight is 587 g/mol. The number of hydrogen-bond acceptors (Lipinski definition) is 12. The molecule has 5 aliphatic rings. The van der Waals surface area contributed by atoms with Crippen LogP contribution >= 0.6 is 23.1 Å². The minimum Gasteiger partial charge on any atom is -0.449 e. The number of primary amides is 1. The van der Waals surface area contributed by atoms with Crippen molar-refractivity contribution in [3.63, 3.8) is 0 Å². The van der Waals surface area contributed by atoms with Gasteiger partial charge in [0.1, 0.15) is 12.6 Å². The van der Waals surface area contributed by atoms with E-state index in [-0.39, 0.29) is 54.6 Å². The number of carbonyl (C=O) groups is 4. The van der Waals surface area contributed by atoms with E-state index in [0.717, 1.165) is 14.6 Å². The smallest absolute Gasteiger partial charge is 0.404 e. The summed E-state index contributed by atoms with van der Waals surface area (Å²) >= 11 is 2.88. The van der Waals surface area contributed by atoms with Crippen LogP contribution in [0, 0.1) is 11.8 Å². The largest absolute Gasteiger partial charge is 0.449 e. The van der Waals surface area contributed by atoms with E-state index in [2.05, 4.69) is 4.98 Å². The highest BCUT2D eigenvalue weighted by atomic mass is 32.2. The van der Waals surface area contributed by atoms with Crippen LogP contribution in [-0.2, 0) is 33.3 Å². The fourth-order valence-corrected chi connectivity index (χ4v) is 9.26. The van der Waals surface area contributed by atoms with E-state index in [1.807, 2.05) is 24.3 Å². The first kappa shape index (κ1) is 25.9. The molecule has 2 N–H and O–H groups in total. The van der Waals surface area contributed by atoms with Crippen LogP contribution in [-0.4, -0.2) is 101 Å². The number of thioether (sulfide) groups is 1. The predicted molar refractivity (Wildman–Crippen MR) is 141 cm³/mol. The molecule has 3 saturated heterocycles. The van der Waals surface area contributed by atoms with Crippen molar-refractivity contribution in [1.82, 2.24) is 14.8 Å². The Morgan fingerprint density at radius 2 is 1.98 bits per heavy atom. The van der Waals surface area contributed by atoms with Crippen LogP contribution in [0.1, 0.15) is 6.92 Å². The van der Waals surface area contributed by atoms with Gasteiger partial charge in [-0.25, -0.2) is 9.78 Å². The Kier molecular flexibility index (Phi) is 5.81. The van der Waals surface area contributed by atoms with Crippen molar-refractivity contribution in [3.05, 3.63) is 35.5 Å². The molecule has 5 heterocycles. The maximum atomic E-state index is 14.4. The molecule has 1 aromatic carbocycles. The maximum Gasteiger partial charge on any atom is 0.404 e. The lowest BCUT2D eigenvalue weighted by Crippen LogP contribution is -2.56. The molecule has 14 heteroatoms. The summed E-state index contributed by atoms with van der Waals surface area (Å²) in [6.07, 6.45) is -1.02. The van der Waals surface area contributed by atoms with Gasteiger partial charge >= 0.3 is 6.09 Å². The van der Waals surface area contributed by atoms with Crippen LogP contribution in [0.3, 0.4) is 0 Å². The molecule has 1 spiro atoms. The standard InChI is InChI=1S/C26H26N4O8S2/c1-12(31)30-16-9-29-19-18(13(10-36-23(27)34)25(29,35-2)21(16)30)22(33)26(37-7-8-38-26)14(20(19)32)11-39-24-28-15-5-3-4-6-17(15)40-24/h3-6,13-14,16,21H,7-11H2,1-2H3,(H2,27,34)/t13-,14?,16+,21+,25-,30?/m1/s1. The predicted octanol–water partition coefficient (Wildman–Crippen LogP) is 1.14. The van der Waals surface area contributed by atoms with Gasteiger partial charge < -0.3 is 34.5 Å². The maximum absolute atomic E-state index is 14.4. The van der Waals surface area contributed by atoms with Crippen molar-refractivity contribution in [1.29, 1.82) is 0 Å². The van der Waals surface area contributed by atoms with Gasteiger partial charge in [-0.1, -0.05) is 23.9 Å². The summed E-state index contributed by atoms with van der Waals surface area (Å²) in [5, 5.41) is 0. The number of nitrogens with zero attached hydrogens (tertiary/aromatic N) is 3. The number of hydrogen-bond donors (Lipinski definition) is 1. The first-order chi connectivity index (χ1) is 19.2. The zero-order valence-electron chi connectivity index (χ0n) is 21.7. The summed E-state index contributed by atoms with van der Waals surface area (Å²) in [6, 6.07) is 7.13. The third-order valence-corrected chi connectivity index (χ3v) is 10.8. The number of allylic oxidation sites excluding steroid dienone is 1. The Labute approximate surface area is 236 Å². The van der Waals surface area contributed by atoms with E-state index < -0.39 is 41.3 Å². The molecule has 3 fully saturated rings. The van der Waals surface area contributed by atoms with Crippen LogP contribution in [0.5, 0.6) is 0 Å². The number of para-hydroxylation sites is 1. The average Bonchev–Trinajstić information content (AvgIpc) is 3.32. The zero-order chi connectivity index (χ0) is 28.0. The molecule has 1 unspecified atom stereocenters. The van der Waals surface area contributed by atoms with Crippen LogP contribution in [0.2, 0.25) is 0 Å². The number of fused-ring (bicyclic) bond motifs is 5. The second-order valence-electron chi connectivity index (χ2n) is 10.3. The highest BCUT2D eigenvalue weighted by molar-refractivity contribution is 8.01. The molecule has 40 heavy (non-hydrogen) atoms. The van der Waals surface area contributed by atoms with Gasteiger partial charge in [0, 0.05) is 31.9 Å². The third-order valence-electron chi connectivity index (χ3n) is 8.54. The number of piperazine rings is 1. The van der Waals surface area contributed by atoms with Crippen LogP contribution < -0.4 is 5.73 Å². The van der Waals surface area contributed by atoms with Crippen molar-refractivity contribution in [2.45, 2.75) is 34.9 Å². The Bertz CT molecular complexity index is 1470. The minimum absolute atomic E-state index is 0.130. The number of thiazole rings is 1. The highest BCUT2D eigenvalue weighted by Crippen LogP contribution is 2.61. The fraction of sp³-hybridized carbons (Fsp3) is 0.500. The lowest BCUT2D eigenvalue weighted by molar-refractivity contribution is -0.197. The minimum atomic E-state index is -1.82. The first-order valence-corrected chi connectivity index (χ1v) is 14.7. The number of methoxy groups -OCH3 is 1. The van der Waals surface area contributed by atoms with Crippen molar-refractivity contribution in [3.8, 4) is 0 Å². The van der Waals surface area contributed by atoms with Crippen molar-refractivity contribution in [2.75, 3.05) is 39.2 Å². The second-order valence-corrected chi connectivity index (χ2v) is 12.6. The summed E-state index contributed by atoms with van der Waals surface area (Å²) in [5.41, 5.74) is 5.22. The summed E-state index contributed by atoms with van der Waals surface area (Å²) in [7, 11) is 1.47. The molecule has 0 saturated carbocycles. The molecule has 7 rings (SSSR count). The quantitative estimate of drug-likeness (QED) is 0.383. The van der Waals surface area contributed by atoms with Crippen LogP contribution in [0.4, 0.5) is 4.79 Å². The van der Waals surface area contributed by atoms with Gasteiger partial charge in [0.15, 0.2) is 15.8 Å². The molecule has 0 bridgehead atoms. The number of nitrogens with two attached hydrogens (primary N) is 1. The number of Topliss-reactive ketones (excluding diaryl/α,β-unsaturated/α-hetero) is 2. The van der Waals surface area contributed by atoms with Crippen molar-refractivity contribution < 1.29 is 38.1 Å². The number of rotatable bonds is 6. The summed E-state index contributed by atoms with van der Waals surface area (Å²) < 4.78 is 25.0. The van der Waals surface area contributed by atoms with Gasteiger partial charge in [-0.2, -0.15) is 0 Å². The molecule has 2 aromatic rings. The normalized spacial score (nSPS) is 31.6. The summed E-state index contributed by atoms with van der Waals surface area (Å²) in [5.74, 6) is -4.42. The van der Waals surface area contributed by atoms with E-state index in [0.29, 0.717) is 6.54 Å². The Balaban J connectivity index is 1.29. The van der Waals surface area contributed by atoms with Gasteiger partial charge in [-0.15, -0.1) is 11.3 Å². The van der Waals surface area contributed by atoms with Crippen molar-refractivity contribution in [2.24, 2.45) is 17.6 Å². The number of carbonyl (C=O) groups excluding carboxylic acids is 4. The molecule has 0 radical (unpaired) electrons. The zero-order valence-corrected chi connectivity index (χ0v) is 23.3. The number of amides is 2. The number of ketones is 2. The summed E-state index contributed by atoms with van der Waals surface area (Å²) in [6.45, 7) is 1.75. The molecule has 12 nitrogen and oxygen atoms in total. The molecule has 1 aliphatic carbocycles. The number of ether oxygens (including phenoxy) is 4. The summed E-state index contributed by atoms with van der Waals surface area (Å²) in [4.78, 5) is 61.0. The molecule has 1 aromatic heterocycles. The molecule has 210 valence electrons. The van der Waals surface area contributed by atoms with E-state index in [1.54, 1.807) is 9.80 Å². The van der Waals surface area contributed by atoms with Gasteiger partial charge in [0.2, 0.25) is 17.5 Å². The first-order valence-electron chi connectivity index (χ1n) is 12.9. The van der Waals surface area contributed by atoms with Crippen LogP contribution in [0.15, 0.2) is 39.9 Å². The van der Waals surface area contributed by atoms with E-state index >= 15 is 0 Å². The number of benzene rings is 1. The van der Waals surface area contributed by atoms with Crippen LogP contribution in [0.25, 0.3) is 10.2 Å². The van der Waals surface area contributed by atoms with Gasteiger partial charge in [-0.3, -0.25) is 14.4 Å². The van der Waals surface area contributed by atoms with Gasteiger partial charge in [-0.05, 0) is 12.1 Å². The molecule has 2 amide bonds. The molecule has 4 aliphatic heterocycles. The van der Waals surface area contributed by atoms with Gasteiger partial charge in [0.05, 0.1) is 47.0 Å². The lowest BCUT2D eigenvalue weighted by Gasteiger charge is -2.41.